The standard InChI is InChI=1S/C12H22N2O4/c1-6-12(7-2,11(17)18-5)10(16)13-8-9(15)14(3)4/h6-8H2,1-5H3,(H,13,16). The first-order valence-corrected chi connectivity index (χ1v) is 5.92. The van der Waals surface area contributed by atoms with Crippen LogP contribution >= 0.6 is 0 Å². The van der Waals surface area contributed by atoms with Crippen LogP contribution in [0.3, 0.4) is 0 Å². The van der Waals surface area contributed by atoms with Gasteiger partial charge in [-0.25, -0.2) is 0 Å². The van der Waals surface area contributed by atoms with Crippen molar-refractivity contribution in [2.75, 3.05) is 27.7 Å². The van der Waals surface area contributed by atoms with E-state index in [1.165, 1.54) is 12.0 Å². The number of esters is 1. The van der Waals surface area contributed by atoms with Gasteiger partial charge < -0.3 is 15.0 Å². The van der Waals surface area contributed by atoms with E-state index < -0.39 is 17.3 Å². The topological polar surface area (TPSA) is 75.7 Å². The van der Waals surface area contributed by atoms with Crippen LogP contribution in [0.2, 0.25) is 0 Å². The normalized spacial score (nSPS) is 10.7. The molecule has 0 saturated heterocycles. The maximum absolute atomic E-state index is 12.1. The molecule has 2 amide bonds. The molecule has 0 unspecified atom stereocenters. The molecule has 0 spiro atoms. The highest BCUT2D eigenvalue weighted by atomic mass is 16.5. The summed E-state index contributed by atoms with van der Waals surface area (Å²) >= 11 is 0. The van der Waals surface area contributed by atoms with Crippen LogP contribution in [0, 0.1) is 5.41 Å². The number of carbonyl (C=O) groups excluding carboxylic acids is 3. The Morgan fingerprint density at radius 3 is 2.00 bits per heavy atom. The molecule has 0 aromatic rings. The predicted molar refractivity (Wildman–Crippen MR) is 66.7 cm³/mol. The first-order chi connectivity index (χ1) is 8.35. The average molecular weight is 258 g/mol. The summed E-state index contributed by atoms with van der Waals surface area (Å²) in [5.74, 6) is -1.26. The van der Waals surface area contributed by atoms with Crippen LogP contribution in [0.4, 0.5) is 0 Å². The summed E-state index contributed by atoms with van der Waals surface area (Å²) in [6.07, 6.45) is 0.663. The summed E-state index contributed by atoms with van der Waals surface area (Å²) in [5.41, 5.74) is -1.21. The number of methoxy groups -OCH3 is 1. The molecule has 0 bridgehead atoms. The number of nitrogens with zero attached hydrogens (tertiary/aromatic N) is 1. The largest absolute Gasteiger partial charge is 0.468 e. The monoisotopic (exact) mass is 258 g/mol. The fourth-order valence-corrected chi connectivity index (χ4v) is 1.63. The van der Waals surface area contributed by atoms with Crippen LogP contribution in [-0.2, 0) is 19.1 Å². The van der Waals surface area contributed by atoms with Crippen LogP contribution < -0.4 is 5.32 Å². The van der Waals surface area contributed by atoms with Crippen molar-refractivity contribution >= 4 is 17.8 Å². The summed E-state index contributed by atoms with van der Waals surface area (Å²) < 4.78 is 4.68. The third-order valence-corrected chi connectivity index (χ3v) is 3.12. The van der Waals surface area contributed by atoms with Crippen molar-refractivity contribution < 1.29 is 19.1 Å². The molecular weight excluding hydrogens is 236 g/mol. The molecule has 0 atom stereocenters. The smallest absolute Gasteiger partial charge is 0.321 e. The van der Waals surface area contributed by atoms with E-state index in [0.29, 0.717) is 12.8 Å². The zero-order valence-electron chi connectivity index (χ0n) is 11.7. The van der Waals surface area contributed by atoms with Gasteiger partial charge in [-0.1, -0.05) is 13.8 Å². The van der Waals surface area contributed by atoms with Crippen molar-refractivity contribution in [1.29, 1.82) is 0 Å². The Bertz CT molecular complexity index is 322. The Morgan fingerprint density at radius 2 is 1.67 bits per heavy atom. The van der Waals surface area contributed by atoms with E-state index in [-0.39, 0.29) is 12.5 Å². The van der Waals surface area contributed by atoms with Gasteiger partial charge in [0.15, 0.2) is 0 Å². The molecule has 6 nitrogen and oxygen atoms in total. The zero-order chi connectivity index (χ0) is 14.3. The Balaban J connectivity index is 4.79. The number of hydrogen-bond acceptors (Lipinski definition) is 4. The maximum atomic E-state index is 12.1. The quantitative estimate of drug-likeness (QED) is 0.544. The Morgan fingerprint density at radius 1 is 1.17 bits per heavy atom. The first-order valence-electron chi connectivity index (χ1n) is 5.92. The van der Waals surface area contributed by atoms with Crippen LogP contribution in [0.1, 0.15) is 26.7 Å². The summed E-state index contributed by atoms with van der Waals surface area (Å²) in [6, 6.07) is 0. The first kappa shape index (κ1) is 16.4. The minimum Gasteiger partial charge on any atom is -0.468 e. The maximum Gasteiger partial charge on any atom is 0.321 e. The van der Waals surface area contributed by atoms with Crippen molar-refractivity contribution in [3.05, 3.63) is 0 Å². The molecule has 0 fully saturated rings. The van der Waals surface area contributed by atoms with Gasteiger partial charge in [0.2, 0.25) is 11.8 Å². The molecule has 0 aliphatic rings. The van der Waals surface area contributed by atoms with Crippen LogP contribution in [0.15, 0.2) is 0 Å². The van der Waals surface area contributed by atoms with E-state index in [0.717, 1.165) is 0 Å². The predicted octanol–water partition coefficient (Wildman–Crippen LogP) is 0.170. The lowest BCUT2D eigenvalue weighted by Gasteiger charge is -2.27. The Labute approximate surface area is 108 Å². The Kier molecular flexibility index (Phi) is 6.36. The van der Waals surface area contributed by atoms with Gasteiger partial charge in [-0.3, -0.25) is 14.4 Å². The molecule has 0 heterocycles. The second-order valence-corrected chi connectivity index (χ2v) is 4.25. The highest BCUT2D eigenvalue weighted by Gasteiger charge is 2.43. The van der Waals surface area contributed by atoms with Gasteiger partial charge >= 0.3 is 5.97 Å². The molecule has 0 rings (SSSR count). The molecule has 1 N–H and O–H groups in total. The SMILES string of the molecule is CCC(CC)(C(=O)NCC(=O)N(C)C)C(=O)OC. The fraction of sp³-hybridized carbons (Fsp3) is 0.750. The molecule has 0 aromatic heterocycles. The van der Waals surface area contributed by atoms with Gasteiger partial charge in [-0.2, -0.15) is 0 Å². The van der Waals surface area contributed by atoms with E-state index in [1.54, 1.807) is 27.9 Å². The van der Waals surface area contributed by atoms with E-state index in [2.05, 4.69) is 10.1 Å². The average Bonchev–Trinajstić information content (AvgIpc) is 2.37. The van der Waals surface area contributed by atoms with Gasteiger partial charge in [-0.05, 0) is 12.8 Å². The van der Waals surface area contributed by atoms with E-state index in [9.17, 15) is 14.4 Å². The minimum absolute atomic E-state index is 0.120. The summed E-state index contributed by atoms with van der Waals surface area (Å²) in [4.78, 5) is 36.6. The van der Waals surface area contributed by atoms with E-state index >= 15 is 0 Å². The molecule has 0 saturated carbocycles. The van der Waals surface area contributed by atoms with Crippen LogP contribution in [0.5, 0.6) is 0 Å². The van der Waals surface area contributed by atoms with Gasteiger partial charge in [0.05, 0.1) is 13.7 Å². The molecular formula is C12H22N2O4. The van der Waals surface area contributed by atoms with Crippen molar-refractivity contribution in [3.63, 3.8) is 0 Å². The number of ether oxygens (including phenoxy) is 1. The number of nitrogens with one attached hydrogen (secondary N) is 1. The Hall–Kier alpha value is -1.59. The van der Waals surface area contributed by atoms with Crippen molar-refractivity contribution in [2.45, 2.75) is 26.7 Å². The number of likely N-dealkylation sites (N-methyl/N-ethyl adjacent to an activating group) is 1. The van der Waals surface area contributed by atoms with Gasteiger partial charge in [0.25, 0.3) is 0 Å². The molecule has 104 valence electrons. The zero-order valence-corrected chi connectivity index (χ0v) is 11.7. The van der Waals surface area contributed by atoms with Crippen LogP contribution in [-0.4, -0.2) is 50.4 Å². The van der Waals surface area contributed by atoms with Crippen molar-refractivity contribution in [1.82, 2.24) is 10.2 Å². The molecule has 0 aliphatic heterocycles. The van der Waals surface area contributed by atoms with E-state index in [4.69, 9.17) is 0 Å². The lowest BCUT2D eigenvalue weighted by atomic mass is 9.81. The highest BCUT2D eigenvalue weighted by molar-refractivity contribution is 6.03. The molecule has 6 heteroatoms. The number of rotatable bonds is 6. The molecule has 0 aromatic carbocycles. The van der Waals surface area contributed by atoms with E-state index in [1.807, 2.05) is 0 Å². The number of carbonyl (C=O) groups is 3. The lowest BCUT2D eigenvalue weighted by Crippen LogP contribution is -2.49. The van der Waals surface area contributed by atoms with Gasteiger partial charge in [0, 0.05) is 14.1 Å². The minimum atomic E-state index is -1.21. The fourth-order valence-electron chi connectivity index (χ4n) is 1.63. The second-order valence-electron chi connectivity index (χ2n) is 4.25. The molecule has 18 heavy (non-hydrogen) atoms. The molecule has 0 radical (unpaired) electrons. The third-order valence-electron chi connectivity index (χ3n) is 3.12. The van der Waals surface area contributed by atoms with Gasteiger partial charge in [-0.15, -0.1) is 0 Å². The van der Waals surface area contributed by atoms with Crippen molar-refractivity contribution in [2.24, 2.45) is 5.41 Å². The van der Waals surface area contributed by atoms with Crippen LogP contribution in [0.25, 0.3) is 0 Å². The number of hydrogen-bond donors (Lipinski definition) is 1. The summed E-state index contributed by atoms with van der Waals surface area (Å²) in [5, 5.41) is 2.49. The third kappa shape index (κ3) is 3.45. The van der Waals surface area contributed by atoms with Crippen molar-refractivity contribution in [3.8, 4) is 0 Å². The number of amides is 2. The lowest BCUT2D eigenvalue weighted by molar-refractivity contribution is -0.160. The second kappa shape index (κ2) is 6.98. The summed E-state index contributed by atoms with van der Waals surface area (Å²) in [7, 11) is 4.45. The molecule has 0 aliphatic carbocycles. The van der Waals surface area contributed by atoms with Gasteiger partial charge in [0.1, 0.15) is 5.41 Å². The summed E-state index contributed by atoms with van der Waals surface area (Å²) in [6.45, 7) is 3.37. The highest BCUT2D eigenvalue weighted by Crippen LogP contribution is 2.28.